The average Bonchev–Trinajstić information content (AvgIpc) is 3.23. The number of aromatic nitrogens is 2. The molecule has 0 amide bonds. The van der Waals surface area contributed by atoms with Gasteiger partial charge in [-0.25, -0.2) is 4.98 Å². The van der Waals surface area contributed by atoms with Crippen LogP contribution in [-0.4, -0.2) is 21.9 Å². The zero-order valence-corrected chi connectivity index (χ0v) is 13.9. The molecule has 2 heterocycles. The van der Waals surface area contributed by atoms with E-state index >= 15 is 0 Å². The average molecular weight is 352 g/mol. The molecule has 0 radical (unpaired) electrons. The Bertz CT molecular complexity index is 994. The molecule has 9 nitrogen and oxygen atoms in total. The highest BCUT2D eigenvalue weighted by molar-refractivity contribution is 6.04. The van der Waals surface area contributed by atoms with Crippen LogP contribution in [-0.2, 0) is 0 Å². The monoisotopic (exact) mass is 352 g/mol. The number of Topliss-reactive ketones (excluding diaryl/α,β-unsaturated/α-hetero) is 1. The SMILES string of the molecule is NC(N)c1ccc2c(c1)NC(C(=O)c1nc3ccc(C(N)N)cc3[nH]1)N2. The number of benzene rings is 2. The summed E-state index contributed by atoms with van der Waals surface area (Å²) in [5.74, 6) is 0.0332. The molecule has 1 atom stereocenters. The predicted octanol–water partition coefficient (Wildman–Crippen LogP) is 0.441. The van der Waals surface area contributed by atoms with Crippen LogP contribution in [0.4, 0.5) is 11.4 Å². The number of anilines is 2. The molecule has 1 unspecified atom stereocenters. The topological polar surface area (TPSA) is 174 Å². The Kier molecular flexibility index (Phi) is 3.85. The molecule has 2 aromatic carbocycles. The van der Waals surface area contributed by atoms with Crippen molar-refractivity contribution in [3.8, 4) is 0 Å². The van der Waals surface area contributed by atoms with Gasteiger partial charge in [0, 0.05) is 0 Å². The van der Waals surface area contributed by atoms with E-state index in [4.69, 9.17) is 22.9 Å². The van der Waals surface area contributed by atoms with Gasteiger partial charge in [0.05, 0.1) is 34.7 Å². The Morgan fingerprint density at radius 1 is 0.923 bits per heavy atom. The molecule has 0 saturated heterocycles. The van der Waals surface area contributed by atoms with Gasteiger partial charge in [-0.3, -0.25) is 4.79 Å². The molecule has 0 aliphatic carbocycles. The highest BCUT2D eigenvalue weighted by Gasteiger charge is 2.29. The number of hydrogen-bond acceptors (Lipinski definition) is 8. The Labute approximate surface area is 149 Å². The van der Waals surface area contributed by atoms with Crippen LogP contribution < -0.4 is 33.6 Å². The van der Waals surface area contributed by atoms with E-state index in [0.29, 0.717) is 11.0 Å². The van der Waals surface area contributed by atoms with Crippen molar-refractivity contribution < 1.29 is 4.79 Å². The van der Waals surface area contributed by atoms with Crippen LogP contribution in [0.3, 0.4) is 0 Å². The van der Waals surface area contributed by atoms with Crippen LogP contribution in [0.1, 0.15) is 34.1 Å². The largest absolute Gasteiger partial charge is 0.357 e. The van der Waals surface area contributed by atoms with Crippen molar-refractivity contribution in [1.82, 2.24) is 9.97 Å². The fraction of sp³-hybridized carbons (Fsp3) is 0.176. The quantitative estimate of drug-likeness (QED) is 0.261. The van der Waals surface area contributed by atoms with E-state index < -0.39 is 18.5 Å². The number of ketones is 1. The van der Waals surface area contributed by atoms with Crippen LogP contribution >= 0.6 is 0 Å². The molecular formula is C17H20N8O. The molecule has 3 aromatic rings. The number of nitrogens with zero attached hydrogens (tertiary/aromatic N) is 1. The third-order valence-corrected chi connectivity index (χ3v) is 4.41. The molecule has 1 aliphatic rings. The van der Waals surface area contributed by atoms with E-state index in [1.807, 2.05) is 18.2 Å². The molecule has 4 rings (SSSR count). The minimum Gasteiger partial charge on any atom is -0.357 e. The summed E-state index contributed by atoms with van der Waals surface area (Å²) in [5, 5.41) is 6.26. The fourth-order valence-electron chi connectivity index (χ4n) is 2.98. The zero-order valence-electron chi connectivity index (χ0n) is 13.9. The van der Waals surface area contributed by atoms with E-state index in [0.717, 1.165) is 22.5 Å². The lowest BCUT2D eigenvalue weighted by Crippen LogP contribution is -2.33. The van der Waals surface area contributed by atoms with Crippen molar-refractivity contribution in [3.63, 3.8) is 0 Å². The number of fused-ring (bicyclic) bond motifs is 2. The van der Waals surface area contributed by atoms with E-state index in [9.17, 15) is 4.79 Å². The molecule has 0 spiro atoms. The van der Waals surface area contributed by atoms with E-state index in [-0.39, 0.29) is 11.6 Å². The minimum absolute atomic E-state index is 0.213. The number of aromatic amines is 1. The highest BCUT2D eigenvalue weighted by Crippen LogP contribution is 2.31. The maximum absolute atomic E-state index is 12.8. The van der Waals surface area contributed by atoms with Crippen molar-refractivity contribution in [2.24, 2.45) is 22.9 Å². The van der Waals surface area contributed by atoms with Crippen molar-refractivity contribution in [2.75, 3.05) is 10.6 Å². The number of nitrogens with one attached hydrogen (secondary N) is 3. The lowest BCUT2D eigenvalue weighted by Gasteiger charge is -2.08. The lowest BCUT2D eigenvalue weighted by atomic mass is 10.1. The predicted molar refractivity (Wildman–Crippen MR) is 100 cm³/mol. The first-order chi connectivity index (χ1) is 12.4. The third-order valence-electron chi connectivity index (χ3n) is 4.41. The number of carbonyl (C=O) groups is 1. The Balaban J connectivity index is 1.59. The summed E-state index contributed by atoms with van der Waals surface area (Å²) in [5.41, 5.74) is 27.3. The number of imidazole rings is 1. The van der Waals surface area contributed by atoms with Gasteiger partial charge in [-0.15, -0.1) is 0 Å². The number of rotatable bonds is 4. The lowest BCUT2D eigenvalue weighted by molar-refractivity contribution is 0.0971. The van der Waals surface area contributed by atoms with Crippen molar-refractivity contribution in [3.05, 3.63) is 53.3 Å². The van der Waals surface area contributed by atoms with E-state index in [1.165, 1.54) is 0 Å². The summed E-state index contributed by atoms with van der Waals surface area (Å²) in [4.78, 5) is 20.2. The third kappa shape index (κ3) is 2.78. The minimum atomic E-state index is -0.633. The summed E-state index contributed by atoms with van der Waals surface area (Å²) < 4.78 is 0. The normalized spacial score (nSPS) is 16.0. The van der Waals surface area contributed by atoms with Gasteiger partial charge in [0.15, 0.2) is 12.0 Å². The van der Waals surface area contributed by atoms with Gasteiger partial charge in [0.1, 0.15) is 0 Å². The van der Waals surface area contributed by atoms with Gasteiger partial charge in [-0.05, 0) is 35.4 Å². The Hall–Kier alpha value is -2.98. The van der Waals surface area contributed by atoms with E-state index in [2.05, 4.69) is 20.6 Å². The summed E-state index contributed by atoms with van der Waals surface area (Å²) in [6, 6.07) is 10.9. The first-order valence-corrected chi connectivity index (χ1v) is 8.15. The van der Waals surface area contributed by atoms with Crippen molar-refractivity contribution in [2.45, 2.75) is 18.5 Å². The molecule has 0 fully saturated rings. The number of carbonyl (C=O) groups excluding carboxylic acids is 1. The van der Waals surface area contributed by atoms with Gasteiger partial charge in [0.25, 0.3) is 0 Å². The van der Waals surface area contributed by atoms with Gasteiger partial charge in [-0.2, -0.15) is 0 Å². The second-order valence-electron chi connectivity index (χ2n) is 6.30. The van der Waals surface area contributed by atoms with Crippen molar-refractivity contribution in [1.29, 1.82) is 0 Å². The van der Waals surface area contributed by atoms with Gasteiger partial charge < -0.3 is 38.6 Å². The van der Waals surface area contributed by atoms with Gasteiger partial charge in [-0.1, -0.05) is 12.1 Å². The molecule has 11 N–H and O–H groups in total. The van der Waals surface area contributed by atoms with Crippen LogP contribution in [0.2, 0.25) is 0 Å². The standard InChI is InChI=1S/C17H20N8O/c18-14(19)7-1-3-9-11(5-7)24-16(22-9)13(26)17-23-10-4-2-8(15(20)21)6-12(10)25-17/h1-6,14-16,22,24H,18-21H2,(H,23,25). The number of nitrogens with two attached hydrogens (primary N) is 4. The van der Waals surface area contributed by atoms with Crippen LogP contribution in [0.15, 0.2) is 36.4 Å². The second kappa shape index (κ2) is 6.07. The molecule has 26 heavy (non-hydrogen) atoms. The molecule has 1 aromatic heterocycles. The fourth-order valence-corrected chi connectivity index (χ4v) is 2.98. The number of H-pyrrole nitrogens is 1. The molecule has 0 bridgehead atoms. The Morgan fingerprint density at radius 3 is 2.31 bits per heavy atom. The first kappa shape index (κ1) is 16.5. The number of hydrogen-bond donors (Lipinski definition) is 7. The Morgan fingerprint density at radius 2 is 1.58 bits per heavy atom. The summed E-state index contributed by atoms with van der Waals surface area (Å²) in [6.07, 6.45) is -1.79. The maximum atomic E-state index is 12.8. The zero-order chi connectivity index (χ0) is 18.4. The molecule has 0 saturated carbocycles. The maximum Gasteiger partial charge on any atom is 0.240 e. The second-order valence-corrected chi connectivity index (χ2v) is 6.30. The van der Waals surface area contributed by atoms with Gasteiger partial charge >= 0.3 is 0 Å². The van der Waals surface area contributed by atoms with Crippen LogP contribution in [0.5, 0.6) is 0 Å². The smallest absolute Gasteiger partial charge is 0.240 e. The summed E-state index contributed by atoms with van der Waals surface area (Å²) in [6.45, 7) is 0. The molecular weight excluding hydrogens is 332 g/mol. The van der Waals surface area contributed by atoms with E-state index in [1.54, 1.807) is 18.2 Å². The van der Waals surface area contributed by atoms with Gasteiger partial charge in [0.2, 0.25) is 5.78 Å². The first-order valence-electron chi connectivity index (χ1n) is 8.15. The molecule has 134 valence electrons. The van der Waals surface area contributed by atoms with Crippen LogP contribution in [0, 0.1) is 0 Å². The summed E-state index contributed by atoms with van der Waals surface area (Å²) in [7, 11) is 0. The summed E-state index contributed by atoms with van der Waals surface area (Å²) >= 11 is 0. The van der Waals surface area contributed by atoms with Crippen LogP contribution in [0.25, 0.3) is 11.0 Å². The van der Waals surface area contributed by atoms with Crippen molar-refractivity contribution >= 4 is 28.2 Å². The molecule has 1 aliphatic heterocycles. The molecule has 9 heteroatoms. The highest BCUT2D eigenvalue weighted by atomic mass is 16.1.